The summed E-state index contributed by atoms with van der Waals surface area (Å²) in [5.74, 6) is 1.44. The third-order valence-corrected chi connectivity index (χ3v) is 5.92. The molecule has 0 radical (unpaired) electrons. The summed E-state index contributed by atoms with van der Waals surface area (Å²) >= 11 is 0. The van der Waals surface area contributed by atoms with E-state index in [0.29, 0.717) is 35.1 Å². The Morgan fingerprint density at radius 3 is 2.84 bits per heavy atom. The fraction of sp³-hybridized carbons (Fsp3) is 0.412. The van der Waals surface area contributed by atoms with E-state index in [9.17, 15) is 13.2 Å². The molecule has 7 nitrogen and oxygen atoms in total. The maximum absolute atomic E-state index is 12.2. The van der Waals surface area contributed by atoms with Crippen LogP contribution in [0.3, 0.4) is 0 Å². The van der Waals surface area contributed by atoms with Crippen LogP contribution in [-0.4, -0.2) is 44.0 Å². The van der Waals surface area contributed by atoms with Crippen molar-refractivity contribution in [2.24, 2.45) is 0 Å². The number of ether oxygens (including phenoxy) is 1. The Morgan fingerprint density at radius 2 is 2.16 bits per heavy atom. The number of carbonyl (C=O) groups excluding carboxylic acids is 1. The second-order valence-electron chi connectivity index (χ2n) is 6.07. The molecule has 0 spiro atoms. The molecule has 3 rings (SSSR count). The summed E-state index contributed by atoms with van der Waals surface area (Å²) in [6, 6.07) is 7.02. The topological polar surface area (TPSA) is 98.5 Å². The monoisotopic (exact) mass is 364 g/mol. The van der Waals surface area contributed by atoms with Crippen molar-refractivity contribution in [3.63, 3.8) is 0 Å². The lowest BCUT2D eigenvalue weighted by molar-refractivity contribution is -0.121. The third kappa shape index (κ3) is 4.01. The first-order valence-electron chi connectivity index (χ1n) is 7.97. The van der Waals surface area contributed by atoms with Crippen LogP contribution in [0.4, 0.5) is 0 Å². The third-order valence-electron chi connectivity index (χ3n) is 4.16. The van der Waals surface area contributed by atoms with Gasteiger partial charge in [0.25, 0.3) is 0 Å². The lowest BCUT2D eigenvalue weighted by Crippen LogP contribution is -2.36. The lowest BCUT2D eigenvalue weighted by atomic mass is 10.2. The Labute approximate surface area is 146 Å². The number of sulfone groups is 1. The van der Waals surface area contributed by atoms with Crippen LogP contribution >= 0.6 is 0 Å². The van der Waals surface area contributed by atoms with Gasteiger partial charge in [0, 0.05) is 6.04 Å². The molecule has 25 heavy (non-hydrogen) atoms. The van der Waals surface area contributed by atoms with Gasteiger partial charge in [-0.25, -0.2) is 13.4 Å². The largest absolute Gasteiger partial charge is 0.496 e. The number of aryl methyl sites for hydroxylation is 1. The number of rotatable bonds is 5. The molecule has 1 saturated heterocycles. The van der Waals surface area contributed by atoms with Gasteiger partial charge in [-0.3, -0.25) is 4.79 Å². The second-order valence-corrected chi connectivity index (χ2v) is 8.30. The predicted molar refractivity (Wildman–Crippen MR) is 92.1 cm³/mol. The van der Waals surface area contributed by atoms with Crippen LogP contribution < -0.4 is 10.1 Å². The van der Waals surface area contributed by atoms with Gasteiger partial charge in [0.15, 0.2) is 9.84 Å². The molecule has 1 amide bonds. The van der Waals surface area contributed by atoms with Crippen molar-refractivity contribution in [3.8, 4) is 17.2 Å². The molecule has 8 heteroatoms. The zero-order chi connectivity index (χ0) is 18.0. The fourth-order valence-corrected chi connectivity index (χ4v) is 4.54. The molecule has 1 aromatic carbocycles. The molecule has 1 atom stereocenters. The maximum Gasteiger partial charge on any atom is 0.230 e. The fourth-order valence-electron chi connectivity index (χ4n) is 2.87. The Morgan fingerprint density at radius 1 is 1.40 bits per heavy atom. The summed E-state index contributed by atoms with van der Waals surface area (Å²) in [7, 11) is -1.46. The minimum Gasteiger partial charge on any atom is -0.496 e. The molecule has 1 N–H and O–H groups in total. The number of nitrogens with zero attached hydrogens (tertiary/aromatic N) is 1. The van der Waals surface area contributed by atoms with Crippen LogP contribution in [-0.2, 0) is 21.1 Å². The first kappa shape index (κ1) is 17.5. The number of amides is 1. The average molecular weight is 364 g/mol. The number of aromatic nitrogens is 1. The SMILES string of the molecule is COc1ccccc1-c1nc(CC(=O)NC2CCS(=O)(=O)C2)c(C)o1. The van der Waals surface area contributed by atoms with Crippen LogP contribution in [0, 0.1) is 6.92 Å². The minimum atomic E-state index is -3.02. The van der Waals surface area contributed by atoms with Gasteiger partial charge in [0.2, 0.25) is 11.8 Å². The highest BCUT2D eigenvalue weighted by Gasteiger charge is 2.29. The Hall–Kier alpha value is -2.35. The predicted octanol–water partition coefficient (Wildman–Crippen LogP) is 1.50. The number of carbonyl (C=O) groups is 1. The molecule has 1 aromatic heterocycles. The van der Waals surface area contributed by atoms with Crippen molar-refractivity contribution in [2.75, 3.05) is 18.6 Å². The molecular formula is C17H20N2O5S. The summed E-state index contributed by atoms with van der Waals surface area (Å²) in [4.78, 5) is 16.6. The molecule has 134 valence electrons. The van der Waals surface area contributed by atoms with Gasteiger partial charge < -0.3 is 14.5 Å². The standard InChI is InChI=1S/C17H20N2O5S/c1-11-14(9-16(20)18-12-7-8-25(21,22)10-12)19-17(24-11)13-5-3-4-6-15(13)23-2/h3-6,12H,7-10H2,1-2H3,(H,18,20). The molecule has 1 aliphatic heterocycles. The van der Waals surface area contributed by atoms with Crippen molar-refractivity contribution < 1.29 is 22.4 Å². The number of benzene rings is 1. The molecular weight excluding hydrogens is 344 g/mol. The minimum absolute atomic E-state index is 0.00298. The smallest absolute Gasteiger partial charge is 0.230 e. The number of methoxy groups -OCH3 is 1. The molecule has 2 aromatic rings. The highest BCUT2D eigenvalue weighted by atomic mass is 32.2. The average Bonchev–Trinajstić information content (AvgIpc) is 3.09. The van der Waals surface area contributed by atoms with Gasteiger partial charge in [-0.05, 0) is 25.5 Å². The summed E-state index contributed by atoms with van der Waals surface area (Å²) in [5, 5.41) is 2.76. The Kier molecular flexibility index (Phi) is 4.80. The zero-order valence-electron chi connectivity index (χ0n) is 14.1. The van der Waals surface area contributed by atoms with Crippen LogP contribution in [0.5, 0.6) is 5.75 Å². The highest BCUT2D eigenvalue weighted by molar-refractivity contribution is 7.91. The summed E-state index contributed by atoms with van der Waals surface area (Å²) in [5.41, 5.74) is 1.24. The van der Waals surface area contributed by atoms with E-state index < -0.39 is 9.84 Å². The summed E-state index contributed by atoms with van der Waals surface area (Å²) < 4.78 is 33.9. The lowest BCUT2D eigenvalue weighted by Gasteiger charge is -2.09. The first-order chi connectivity index (χ1) is 11.9. The number of para-hydroxylation sites is 1. The van der Waals surface area contributed by atoms with Crippen molar-refractivity contribution in [1.29, 1.82) is 0 Å². The number of hydrogen-bond donors (Lipinski definition) is 1. The van der Waals surface area contributed by atoms with E-state index >= 15 is 0 Å². The zero-order valence-corrected chi connectivity index (χ0v) is 14.9. The molecule has 0 bridgehead atoms. The van der Waals surface area contributed by atoms with Crippen LogP contribution in [0.1, 0.15) is 17.9 Å². The normalized spacial score (nSPS) is 18.9. The Bertz CT molecular complexity index is 888. The second kappa shape index (κ2) is 6.87. The number of oxazole rings is 1. The van der Waals surface area contributed by atoms with Crippen molar-refractivity contribution in [3.05, 3.63) is 35.7 Å². The van der Waals surface area contributed by atoms with E-state index in [2.05, 4.69) is 10.3 Å². The number of nitrogens with one attached hydrogen (secondary N) is 1. The number of hydrogen-bond acceptors (Lipinski definition) is 6. The highest BCUT2D eigenvalue weighted by Crippen LogP contribution is 2.30. The molecule has 0 saturated carbocycles. The van der Waals surface area contributed by atoms with Crippen LogP contribution in [0.15, 0.2) is 28.7 Å². The van der Waals surface area contributed by atoms with E-state index in [1.165, 1.54) is 0 Å². The van der Waals surface area contributed by atoms with E-state index in [0.717, 1.165) is 0 Å². The maximum atomic E-state index is 12.2. The first-order valence-corrected chi connectivity index (χ1v) is 9.79. The van der Waals surface area contributed by atoms with Gasteiger partial charge in [-0.2, -0.15) is 0 Å². The summed E-state index contributed by atoms with van der Waals surface area (Å²) in [6.45, 7) is 1.74. The van der Waals surface area contributed by atoms with Crippen LogP contribution in [0.25, 0.3) is 11.5 Å². The van der Waals surface area contributed by atoms with Crippen molar-refractivity contribution in [1.82, 2.24) is 10.3 Å². The molecule has 1 unspecified atom stereocenters. The van der Waals surface area contributed by atoms with Gasteiger partial charge >= 0.3 is 0 Å². The van der Waals surface area contributed by atoms with E-state index in [1.54, 1.807) is 14.0 Å². The van der Waals surface area contributed by atoms with Crippen LogP contribution in [0.2, 0.25) is 0 Å². The van der Waals surface area contributed by atoms with Gasteiger partial charge in [-0.1, -0.05) is 12.1 Å². The van der Waals surface area contributed by atoms with E-state index in [4.69, 9.17) is 9.15 Å². The molecule has 0 aliphatic carbocycles. The van der Waals surface area contributed by atoms with Crippen molar-refractivity contribution >= 4 is 15.7 Å². The quantitative estimate of drug-likeness (QED) is 0.863. The van der Waals surface area contributed by atoms with Gasteiger partial charge in [0.05, 0.1) is 36.3 Å². The van der Waals surface area contributed by atoms with E-state index in [1.807, 2.05) is 24.3 Å². The van der Waals surface area contributed by atoms with Gasteiger partial charge in [-0.15, -0.1) is 0 Å². The molecule has 1 fully saturated rings. The Balaban J connectivity index is 1.71. The summed E-state index contributed by atoms with van der Waals surface area (Å²) in [6.07, 6.45) is 0.499. The molecule has 1 aliphatic rings. The van der Waals surface area contributed by atoms with Gasteiger partial charge in [0.1, 0.15) is 11.5 Å². The van der Waals surface area contributed by atoms with Crippen molar-refractivity contribution in [2.45, 2.75) is 25.8 Å². The van der Waals surface area contributed by atoms with E-state index in [-0.39, 0.29) is 29.9 Å². The molecule has 2 heterocycles.